The fourth-order valence-electron chi connectivity index (χ4n) is 4.30. The molecule has 2 fully saturated rings. The van der Waals surface area contributed by atoms with Gasteiger partial charge in [0.1, 0.15) is 5.54 Å². The summed E-state index contributed by atoms with van der Waals surface area (Å²) in [5.41, 5.74) is 0.174. The van der Waals surface area contributed by atoms with Gasteiger partial charge in [-0.05, 0) is 30.5 Å². The highest BCUT2D eigenvalue weighted by atomic mass is 16.7. The molecule has 3 amide bonds. The van der Waals surface area contributed by atoms with Crippen LogP contribution in [0.2, 0.25) is 0 Å². The van der Waals surface area contributed by atoms with Gasteiger partial charge in [-0.25, -0.2) is 4.79 Å². The second-order valence-corrected chi connectivity index (χ2v) is 7.71. The first kappa shape index (κ1) is 19.0. The Balaban J connectivity index is 1.30. The molecule has 8 nitrogen and oxygen atoms in total. The minimum atomic E-state index is -0.936. The summed E-state index contributed by atoms with van der Waals surface area (Å²) in [4.78, 5) is 28.3. The van der Waals surface area contributed by atoms with Crippen LogP contribution in [0.1, 0.15) is 37.7 Å². The smallest absolute Gasteiger partial charge is 0.327 e. The third kappa shape index (κ3) is 3.31. The molecule has 2 aliphatic heterocycles. The van der Waals surface area contributed by atoms with E-state index in [0.717, 1.165) is 24.8 Å². The molecule has 0 radical (unpaired) electrons. The summed E-state index contributed by atoms with van der Waals surface area (Å²) in [5, 5.41) is 10.3. The molecular formula is C20H26N2O6. The van der Waals surface area contributed by atoms with Gasteiger partial charge in [-0.2, -0.15) is 0 Å². The van der Waals surface area contributed by atoms with Gasteiger partial charge in [-0.1, -0.05) is 25.3 Å². The number of benzene rings is 1. The number of rotatable bonds is 6. The highest BCUT2D eigenvalue weighted by molar-refractivity contribution is 6.07. The standard InChI is InChI=1S/C20H26N2O6/c1-21-19(25)22(18(24)20(21)7-3-2-4-8-20)10-15(23)12-26-11-14-5-6-16-17(9-14)28-13-27-16/h5-6,9,15,23H,2-4,7-8,10-13H2,1H3/t15-/m1/s1. The normalized spacial score (nSPS) is 21.6. The molecule has 8 heteroatoms. The van der Waals surface area contributed by atoms with E-state index >= 15 is 0 Å². The second kappa shape index (κ2) is 7.60. The van der Waals surface area contributed by atoms with Crippen molar-refractivity contribution in [3.8, 4) is 11.5 Å². The first-order chi connectivity index (χ1) is 13.5. The number of nitrogens with zero attached hydrogens (tertiary/aromatic N) is 2. The number of urea groups is 1. The van der Waals surface area contributed by atoms with Crippen molar-refractivity contribution in [3.05, 3.63) is 23.8 Å². The zero-order valence-corrected chi connectivity index (χ0v) is 16.1. The van der Waals surface area contributed by atoms with Gasteiger partial charge in [0.25, 0.3) is 5.91 Å². The van der Waals surface area contributed by atoms with E-state index in [1.54, 1.807) is 11.9 Å². The van der Waals surface area contributed by atoms with Gasteiger partial charge in [0.05, 0.1) is 25.9 Å². The molecule has 1 aromatic rings. The van der Waals surface area contributed by atoms with E-state index in [-0.39, 0.29) is 31.9 Å². The highest BCUT2D eigenvalue weighted by Gasteiger charge is 2.55. The molecule has 1 N–H and O–H groups in total. The molecule has 0 bridgehead atoms. The fraction of sp³-hybridized carbons (Fsp3) is 0.600. The minimum absolute atomic E-state index is 0.0300. The number of hydrogen-bond donors (Lipinski definition) is 1. The molecule has 1 saturated carbocycles. The first-order valence-electron chi connectivity index (χ1n) is 9.75. The van der Waals surface area contributed by atoms with Crippen LogP contribution < -0.4 is 9.47 Å². The van der Waals surface area contributed by atoms with Crippen LogP contribution >= 0.6 is 0 Å². The van der Waals surface area contributed by atoms with Crippen LogP contribution in [0.25, 0.3) is 0 Å². The maximum atomic E-state index is 12.9. The number of likely N-dealkylation sites (N-methyl/N-ethyl adjacent to an activating group) is 1. The summed E-state index contributed by atoms with van der Waals surface area (Å²) >= 11 is 0. The number of imide groups is 1. The van der Waals surface area contributed by atoms with Crippen LogP contribution in [0.5, 0.6) is 11.5 Å². The summed E-state index contributed by atoms with van der Waals surface area (Å²) in [6, 6.07) is 5.19. The Kier molecular flexibility index (Phi) is 5.16. The molecule has 1 spiro atoms. The number of carbonyl (C=O) groups excluding carboxylic acids is 2. The van der Waals surface area contributed by atoms with Crippen LogP contribution in [0, 0.1) is 0 Å². The zero-order chi connectivity index (χ0) is 19.7. The number of fused-ring (bicyclic) bond motifs is 1. The Morgan fingerprint density at radius 3 is 2.71 bits per heavy atom. The Hall–Kier alpha value is -2.32. The van der Waals surface area contributed by atoms with Crippen molar-refractivity contribution in [2.45, 2.75) is 50.4 Å². The van der Waals surface area contributed by atoms with Gasteiger partial charge in [0.2, 0.25) is 6.79 Å². The summed E-state index contributed by atoms with van der Waals surface area (Å²) in [6.45, 7) is 0.485. The van der Waals surface area contributed by atoms with Gasteiger partial charge < -0.3 is 24.2 Å². The fourth-order valence-corrected chi connectivity index (χ4v) is 4.30. The molecule has 4 rings (SSSR count). The molecule has 0 aromatic heterocycles. The highest BCUT2D eigenvalue weighted by Crippen LogP contribution is 2.39. The van der Waals surface area contributed by atoms with Crippen molar-refractivity contribution >= 4 is 11.9 Å². The number of amides is 3. The van der Waals surface area contributed by atoms with Gasteiger partial charge in [-0.3, -0.25) is 9.69 Å². The molecule has 1 saturated heterocycles. The lowest BCUT2D eigenvalue weighted by Gasteiger charge is -2.35. The average Bonchev–Trinajstić information content (AvgIpc) is 3.23. The lowest BCUT2D eigenvalue weighted by Crippen LogP contribution is -2.49. The van der Waals surface area contributed by atoms with Crippen molar-refractivity contribution in [2.24, 2.45) is 0 Å². The van der Waals surface area contributed by atoms with Crippen LogP contribution in [-0.2, 0) is 16.1 Å². The molecule has 0 unspecified atom stereocenters. The maximum Gasteiger partial charge on any atom is 0.327 e. The molecule has 1 aromatic carbocycles. The number of aliphatic hydroxyl groups excluding tert-OH is 1. The van der Waals surface area contributed by atoms with E-state index in [2.05, 4.69) is 0 Å². The lowest BCUT2D eigenvalue weighted by atomic mass is 9.81. The van der Waals surface area contributed by atoms with E-state index in [0.29, 0.717) is 30.9 Å². The summed E-state index contributed by atoms with van der Waals surface area (Å²) < 4.78 is 16.2. The van der Waals surface area contributed by atoms with Gasteiger partial charge >= 0.3 is 6.03 Å². The predicted molar refractivity (Wildman–Crippen MR) is 98.9 cm³/mol. The molecule has 3 aliphatic rings. The van der Waals surface area contributed by atoms with Crippen LogP contribution in [0.4, 0.5) is 4.79 Å². The van der Waals surface area contributed by atoms with Gasteiger partial charge in [0.15, 0.2) is 11.5 Å². The Bertz CT molecular complexity index is 761. The molecular weight excluding hydrogens is 364 g/mol. The lowest BCUT2D eigenvalue weighted by molar-refractivity contribution is -0.135. The molecule has 1 aliphatic carbocycles. The quantitative estimate of drug-likeness (QED) is 0.747. The zero-order valence-electron chi connectivity index (χ0n) is 16.1. The molecule has 1 atom stereocenters. The van der Waals surface area contributed by atoms with E-state index in [1.165, 1.54) is 4.90 Å². The third-order valence-corrected chi connectivity index (χ3v) is 5.89. The Labute approximate surface area is 164 Å². The van der Waals surface area contributed by atoms with Crippen molar-refractivity contribution < 1.29 is 28.9 Å². The van der Waals surface area contributed by atoms with Crippen LogP contribution in [0.3, 0.4) is 0 Å². The molecule has 28 heavy (non-hydrogen) atoms. The van der Waals surface area contributed by atoms with E-state index in [4.69, 9.17) is 14.2 Å². The first-order valence-corrected chi connectivity index (χ1v) is 9.75. The van der Waals surface area contributed by atoms with Crippen molar-refractivity contribution in [3.63, 3.8) is 0 Å². The van der Waals surface area contributed by atoms with Crippen molar-refractivity contribution in [1.82, 2.24) is 9.80 Å². The van der Waals surface area contributed by atoms with Gasteiger partial charge in [-0.15, -0.1) is 0 Å². The van der Waals surface area contributed by atoms with E-state index < -0.39 is 11.6 Å². The summed E-state index contributed by atoms with van der Waals surface area (Å²) in [7, 11) is 1.69. The van der Waals surface area contributed by atoms with Gasteiger partial charge in [0, 0.05) is 7.05 Å². The van der Waals surface area contributed by atoms with Crippen molar-refractivity contribution in [2.75, 3.05) is 27.0 Å². The largest absolute Gasteiger partial charge is 0.454 e. The predicted octanol–water partition coefficient (Wildman–Crippen LogP) is 1.89. The number of carbonyl (C=O) groups is 2. The van der Waals surface area contributed by atoms with E-state index in [9.17, 15) is 14.7 Å². The number of hydrogen-bond acceptors (Lipinski definition) is 6. The average molecular weight is 390 g/mol. The third-order valence-electron chi connectivity index (χ3n) is 5.89. The number of ether oxygens (including phenoxy) is 3. The van der Waals surface area contributed by atoms with E-state index in [1.807, 2.05) is 18.2 Å². The molecule has 2 heterocycles. The second-order valence-electron chi connectivity index (χ2n) is 7.71. The minimum Gasteiger partial charge on any atom is -0.454 e. The van der Waals surface area contributed by atoms with Crippen LogP contribution in [0.15, 0.2) is 18.2 Å². The number of aliphatic hydroxyl groups is 1. The Morgan fingerprint density at radius 1 is 1.18 bits per heavy atom. The summed E-state index contributed by atoms with van der Waals surface area (Å²) in [6.07, 6.45) is 3.43. The molecule has 152 valence electrons. The van der Waals surface area contributed by atoms with Crippen molar-refractivity contribution in [1.29, 1.82) is 0 Å². The maximum absolute atomic E-state index is 12.9. The Morgan fingerprint density at radius 2 is 1.93 bits per heavy atom. The monoisotopic (exact) mass is 390 g/mol. The topological polar surface area (TPSA) is 88.5 Å². The van der Waals surface area contributed by atoms with Crippen LogP contribution in [-0.4, -0.2) is 65.5 Å². The number of β-amino-alcohol motifs (C(OH)–C–C–N with tert-alkyl or cyclic N) is 1. The summed E-state index contributed by atoms with van der Waals surface area (Å²) in [5.74, 6) is 1.20. The SMILES string of the molecule is CN1C(=O)N(C[C@@H](O)COCc2ccc3c(c2)OCO3)C(=O)C12CCCCC2.